The van der Waals surface area contributed by atoms with E-state index in [2.05, 4.69) is 9.97 Å². The van der Waals surface area contributed by atoms with Crippen LogP contribution in [0.3, 0.4) is 0 Å². The van der Waals surface area contributed by atoms with Crippen LogP contribution in [0.1, 0.15) is 52.4 Å². The second-order valence-electron chi connectivity index (χ2n) is 9.52. The van der Waals surface area contributed by atoms with Crippen LogP contribution in [-0.2, 0) is 12.6 Å². The lowest BCUT2D eigenvalue weighted by molar-refractivity contribution is -0.137. The molecule has 0 aliphatic heterocycles. The summed E-state index contributed by atoms with van der Waals surface area (Å²) in [5.74, 6) is 0.722. The molecule has 4 aromatic rings. The SMILES string of the molecule is Nc1nc2ccc(C(=O)N(CC3CC3)[C@@H]3CCc4cc(C(F)(F)F)ccc43)cc2c2cnccc12. The van der Waals surface area contributed by atoms with Crippen LogP contribution in [-0.4, -0.2) is 27.3 Å². The fourth-order valence-corrected chi connectivity index (χ4v) is 5.20. The lowest BCUT2D eigenvalue weighted by Gasteiger charge is -2.30. The van der Waals surface area contributed by atoms with Gasteiger partial charge in [-0.15, -0.1) is 0 Å². The van der Waals surface area contributed by atoms with Gasteiger partial charge < -0.3 is 10.6 Å². The van der Waals surface area contributed by atoms with E-state index in [0.717, 1.165) is 40.6 Å². The molecule has 2 aliphatic carbocycles. The highest BCUT2D eigenvalue weighted by molar-refractivity contribution is 6.11. The summed E-state index contributed by atoms with van der Waals surface area (Å²) in [6.45, 7) is 0.601. The molecule has 2 aromatic heterocycles. The first-order valence-corrected chi connectivity index (χ1v) is 11.7. The molecule has 1 amide bonds. The zero-order chi connectivity index (χ0) is 24.3. The highest BCUT2D eigenvalue weighted by Gasteiger charge is 2.37. The first-order valence-electron chi connectivity index (χ1n) is 11.7. The van der Waals surface area contributed by atoms with Gasteiger partial charge in [0, 0.05) is 40.7 Å². The highest BCUT2D eigenvalue weighted by Crippen LogP contribution is 2.42. The number of aromatic nitrogens is 2. The lowest BCUT2D eigenvalue weighted by Crippen LogP contribution is -2.35. The van der Waals surface area contributed by atoms with Gasteiger partial charge in [0.05, 0.1) is 17.1 Å². The molecule has 0 unspecified atom stereocenters. The van der Waals surface area contributed by atoms with Crippen molar-refractivity contribution in [2.75, 3.05) is 12.3 Å². The van der Waals surface area contributed by atoms with Crippen molar-refractivity contribution in [3.05, 3.63) is 77.1 Å². The number of hydrogen-bond acceptors (Lipinski definition) is 4. The number of nitrogens with two attached hydrogens (primary N) is 1. The Hall–Kier alpha value is -3.68. The molecular weight excluding hydrogens is 453 g/mol. The molecule has 0 saturated heterocycles. The standard InChI is InChI=1S/C27H23F3N4O/c28-27(29,30)18-5-6-19-16(11-18)4-8-24(19)34(14-15-1-2-15)26(35)17-3-7-23-21(12-17)22-13-32-10-9-20(22)25(31)33-23/h3,5-7,9-13,15,24H,1-2,4,8,14H2,(H2,31,33)/t24-/m1/s1. The predicted octanol–water partition coefficient (Wildman–Crippen LogP) is 5.92. The Morgan fingerprint density at radius 1 is 1.03 bits per heavy atom. The lowest BCUT2D eigenvalue weighted by atomic mass is 10.0. The van der Waals surface area contributed by atoms with Gasteiger partial charge in [0.25, 0.3) is 5.91 Å². The number of carbonyl (C=O) groups is 1. The van der Waals surface area contributed by atoms with Gasteiger partial charge in [-0.2, -0.15) is 13.2 Å². The number of fused-ring (bicyclic) bond motifs is 4. The molecule has 6 rings (SSSR count). The summed E-state index contributed by atoms with van der Waals surface area (Å²) in [7, 11) is 0. The van der Waals surface area contributed by atoms with Gasteiger partial charge >= 0.3 is 6.18 Å². The minimum Gasteiger partial charge on any atom is -0.383 e. The maximum atomic E-state index is 13.9. The van der Waals surface area contributed by atoms with Crippen molar-refractivity contribution in [1.82, 2.24) is 14.9 Å². The van der Waals surface area contributed by atoms with Crippen LogP contribution in [0.2, 0.25) is 0 Å². The quantitative estimate of drug-likeness (QED) is 0.371. The monoisotopic (exact) mass is 476 g/mol. The van der Waals surface area contributed by atoms with Crippen molar-refractivity contribution in [3.8, 4) is 0 Å². The van der Waals surface area contributed by atoms with E-state index in [4.69, 9.17) is 5.73 Å². The summed E-state index contributed by atoms with van der Waals surface area (Å²) in [5.41, 5.74) is 8.17. The van der Waals surface area contributed by atoms with Crippen LogP contribution in [0.25, 0.3) is 21.7 Å². The van der Waals surface area contributed by atoms with E-state index in [0.29, 0.717) is 47.8 Å². The Kier molecular flexibility index (Phi) is 4.95. The molecule has 1 saturated carbocycles. The van der Waals surface area contributed by atoms with Gasteiger partial charge in [0.1, 0.15) is 5.82 Å². The van der Waals surface area contributed by atoms with Crippen LogP contribution in [0.4, 0.5) is 19.0 Å². The average molecular weight is 477 g/mol. The van der Waals surface area contributed by atoms with E-state index in [-0.39, 0.29) is 11.9 Å². The predicted molar refractivity (Wildman–Crippen MR) is 128 cm³/mol. The molecule has 178 valence electrons. The summed E-state index contributed by atoms with van der Waals surface area (Å²) in [6, 6.07) is 10.9. The van der Waals surface area contributed by atoms with Gasteiger partial charge in [-0.3, -0.25) is 9.78 Å². The number of nitrogens with zero attached hydrogens (tertiary/aromatic N) is 3. The molecule has 2 aromatic carbocycles. The molecular formula is C27H23F3N4O. The second-order valence-corrected chi connectivity index (χ2v) is 9.52. The third kappa shape index (κ3) is 3.87. The molecule has 0 radical (unpaired) electrons. The van der Waals surface area contributed by atoms with E-state index in [1.165, 1.54) is 6.07 Å². The molecule has 8 heteroatoms. The largest absolute Gasteiger partial charge is 0.416 e. The molecule has 35 heavy (non-hydrogen) atoms. The first-order chi connectivity index (χ1) is 16.8. The summed E-state index contributed by atoms with van der Waals surface area (Å²) in [4.78, 5) is 24.4. The maximum absolute atomic E-state index is 13.9. The molecule has 0 spiro atoms. The van der Waals surface area contributed by atoms with E-state index < -0.39 is 11.7 Å². The number of anilines is 1. The Bertz CT molecular complexity index is 1480. The number of amides is 1. The topological polar surface area (TPSA) is 72.1 Å². The van der Waals surface area contributed by atoms with E-state index >= 15 is 0 Å². The number of benzene rings is 2. The molecule has 0 bridgehead atoms. The number of halogens is 3. The van der Waals surface area contributed by atoms with Crippen LogP contribution in [0, 0.1) is 5.92 Å². The number of alkyl halides is 3. The zero-order valence-corrected chi connectivity index (χ0v) is 18.8. The van der Waals surface area contributed by atoms with Crippen molar-refractivity contribution in [2.45, 2.75) is 37.9 Å². The van der Waals surface area contributed by atoms with E-state index in [9.17, 15) is 18.0 Å². The van der Waals surface area contributed by atoms with Crippen molar-refractivity contribution in [1.29, 1.82) is 0 Å². The Morgan fingerprint density at radius 2 is 1.86 bits per heavy atom. The minimum atomic E-state index is -4.38. The fourth-order valence-electron chi connectivity index (χ4n) is 5.20. The average Bonchev–Trinajstić information content (AvgIpc) is 3.58. The smallest absolute Gasteiger partial charge is 0.383 e. The van der Waals surface area contributed by atoms with Crippen LogP contribution >= 0.6 is 0 Å². The number of nitrogen functional groups attached to an aromatic ring is 1. The van der Waals surface area contributed by atoms with Crippen LogP contribution in [0.15, 0.2) is 54.9 Å². The Morgan fingerprint density at radius 3 is 2.63 bits per heavy atom. The van der Waals surface area contributed by atoms with Gasteiger partial charge in [-0.1, -0.05) is 6.07 Å². The van der Waals surface area contributed by atoms with Crippen molar-refractivity contribution in [2.24, 2.45) is 5.92 Å². The molecule has 2 aliphatic rings. The number of hydrogen-bond donors (Lipinski definition) is 1. The minimum absolute atomic E-state index is 0.120. The van der Waals surface area contributed by atoms with Crippen molar-refractivity contribution >= 4 is 33.4 Å². The zero-order valence-electron chi connectivity index (χ0n) is 18.8. The Labute approximate surface area is 199 Å². The number of carbonyl (C=O) groups excluding carboxylic acids is 1. The second kappa shape index (κ2) is 7.93. The van der Waals surface area contributed by atoms with E-state index in [1.54, 1.807) is 36.7 Å². The normalized spacial score (nSPS) is 17.6. The van der Waals surface area contributed by atoms with Crippen LogP contribution < -0.4 is 5.73 Å². The van der Waals surface area contributed by atoms with E-state index in [1.807, 2.05) is 11.0 Å². The first kappa shape index (κ1) is 21.8. The third-order valence-electron chi connectivity index (χ3n) is 7.18. The molecule has 2 N–H and O–H groups in total. The highest BCUT2D eigenvalue weighted by atomic mass is 19.4. The number of rotatable bonds is 4. The summed E-state index contributed by atoms with van der Waals surface area (Å²) >= 11 is 0. The van der Waals surface area contributed by atoms with Crippen molar-refractivity contribution in [3.63, 3.8) is 0 Å². The maximum Gasteiger partial charge on any atom is 0.416 e. The number of pyridine rings is 2. The van der Waals surface area contributed by atoms with Gasteiger partial charge in [-0.05, 0) is 79.1 Å². The summed E-state index contributed by atoms with van der Waals surface area (Å²) in [5, 5.41) is 2.39. The number of aryl methyl sites for hydroxylation is 1. The molecule has 2 heterocycles. The van der Waals surface area contributed by atoms with Crippen LogP contribution in [0.5, 0.6) is 0 Å². The Balaban J connectivity index is 1.40. The van der Waals surface area contributed by atoms with Gasteiger partial charge in [0.2, 0.25) is 0 Å². The van der Waals surface area contributed by atoms with Gasteiger partial charge in [0.15, 0.2) is 0 Å². The third-order valence-corrected chi connectivity index (χ3v) is 7.18. The molecule has 1 atom stereocenters. The summed E-state index contributed by atoms with van der Waals surface area (Å²) < 4.78 is 39.7. The van der Waals surface area contributed by atoms with Gasteiger partial charge in [-0.25, -0.2) is 4.98 Å². The molecule has 1 fully saturated rings. The summed E-state index contributed by atoms with van der Waals surface area (Å²) in [6.07, 6.45) is 2.26. The fraction of sp³-hybridized carbons (Fsp3) is 0.296. The van der Waals surface area contributed by atoms with Crippen molar-refractivity contribution < 1.29 is 18.0 Å². The molecule has 5 nitrogen and oxygen atoms in total.